The Labute approximate surface area is 187 Å². The largest absolute Gasteiger partial charge is 0.497 e. The molecule has 6 nitrogen and oxygen atoms in total. The van der Waals surface area contributed by atoms with Crippen LogP contribution in [0.2, 0.25) is 0 Å². The summed E-state index contributed by atoms with van der Waals surface area (Å²) in [5.41, 5.74) is 3.73. The third-order valence-corrected chi connectivity index (χ3v) is 5.90. The maximum absolute atomic E-state index is 13.1. The fourth-order valence-electron chi connectivity index (χ4n) is 3.10. The predicted molar refractivity (Wildman–Crippen MR) is 122 cm³/mol. The third kappa shape index (κ3) is 6.06. The Morgan fingerprint density at radius 3 is 2.71 bits per heavy atom. The number of aryl methyl sites for hydroxylation is 1. The van der Waals surface area contributed by atoms with Crippen molar-refractivity contribution >= 4 is 17.2 Å². The number of benzene rings is 2. The molecule has 3 aromatic rings. The molecule has 0 unspecified atom stereocenters. The number of thiazole rings is 1. The number of amides is 1. The SMILES string of the molecule is COCCN(Cc1csc(COc2cccc(C)c2C)n1)C(=O)c1cccc(OC)c1. The van der Waals surface area contributed by atoms with Gasteiger partial charge >= 0.3 is 0 Å². The third-order valence-electron chi connectivity index (χ3n) is 5.03. The summed E-state index contributed by atoms with van der Waals surface area (Å²) in [6.07, 6.45) is 0. The number of ether oxygens (including phenoxy) is 3. The highest BCUT2D eigenvalue weighted by atomic mass is 32.1. The topological polar surface area (TPSA) is 60.9 Å². The van der Waals surface area contributed by atoms with Crippen molar-refractivity contribution in [1.82, 2.24) is 9.88 Å². The van der Waals surface area contributed by atoms with Crippen LogP contribution in [0.1, 0.15) is 32.2 Å². The lowest BCUT2D eigenvalue weighted by Gasteiger charge is -2.21. The van der Waals surface area contributed by atoms with Crippen LogP contribution in [0.25, 0.3) is 0 Å². The first kappa shape index (κ1) is 22.8. The number of rotatable bonds is 10. The fraction of sp³-hybridized carbons (Fsp3) is 0.333. The van der Waals surface area contributed by atoms with Crippen LogP contribution >= 0.6 is 11.3 Å². The number of methoxy groups -OCH3 is 2. The van der Waals surface area contributed by atoms with E-state index in [1.807, 2.05) is 29.6 Å². The lowest BCUT2D eigenvalue weighted by molar-refractivity contribution is 0.0678. The molecule has 0 aliphatic heterocycles. The van der Waals surface area contributed by atoms with Crippen LogP contribution in [0.5, 0.6) is 11.5 Å². The highest BCUT2D eigenvalue weighted by molar-refractivity contribution is 7.09. The molecule has 7 heteroatoms. The van der Waals surface area contributed by atoms with Gasteiger partial charge in [0.2, 0.25) is 0 Å². The van der Waals surface area contributed by atoms with Crippen LogP contribution in [0, 0.1) is 13.8 Å². The van der Waals surface area contributed by atoms with E-state index in [9.17, 15) is 4.79 Å². The zero-order valence-electron chi connectivity index (χ0n) is 18.4. The van der Waals surface area contributed by atoms with Crippen molar-refractivity contribution < 1.29 is 19.0 Å². The zero-order chi connectivity index (χ0) is 22.2. The Hall–Kier alpha value is -2.90. The molecule has 1 heterocycles. The number of nitrogens with zero attached hydrogens (tertiary/aromatic N) is 2. The molecule has 31 heavy (non-hydrogen) atoms. The second kappa shape index (κ2) is 10.9. The van der Waals surface area contributed by atoms with Crippen LogP contribution in [-0.4, -0.2) is 43.2 Å². The molecule has 3 rings (SSSR count). The van der Waals surface area contributed by atoms with Gasteiger partial charge in [0, 0.05) is 24.6 Å². The number of hydrogen-bond acceptors (Lipinski definition) is 6. The Bertz CT molecular complexity index is 1020. The molecule has 0 bridgehead atoms. The van der Waals surface area contributed by atoms with Gasteiger partial charge in [-0.1, -0.05) is 18.2 Å². The summed E-state index contributed by atoms with van der Waals surface area (Å²) in [4.78, 5) is 19.5. The second-order valence-corrected chi connectivity index (χ2v) is 8.11. The normalized spacial score (nSPS) is 10.7. The highest BCUT2D eigenvalue weighted by Gasteiger charge is 2.18. The molecule has 2 aromatic carbocycles. The summed E-state index contributed by atoms with van der Waals surface area (Å²) in [5, 5.41) is 2.84. The first-order chi connectivity index (χ1) is 15.0. The van der Waals surface area contributed by atoms with Gasteiger partial charge in [-0.25, -0.2) is 4.98 Å². The zero-order valence-corrected chi connectivity index (χ0v) is 19.2. The molecule has 0 aliphatic rings. The van der Waals surface area contributed by atoms with Gasteiger partial charge in [-0.15, -0.1) is 11.3 Å². The van der Waals surface area contributed by atoms with Gasteiger partial charge in [0.15, 0.2) is 0 Å². The Morgan fingerprint density at radius 2 is 1.94 bits per heavy atom. The molecule has 0 fully saturated rings. The molecule has 0 saturated carbocycles. The standard InChI is InChI=1S/C24H28N2O4S/c1-17-7-5-10-22(18(17)2)30-15-23-25-20(16-31-23)14-26(11-12-28-3)24(27)19-8-6-9-21(13-19)29-4/h5-10,13,16H,11-12,14-15H2,1-4H3. The second-order valence-electron chi connectivity index (χ2n) is 7.17. The molecule has 0 aliphatic carbocycles. The van der Waals surface area contributed by atoms with E-state index < -0.39 is 0 Å². The molecule has 0 atom stereocenters. The van der Waals surface area contributed by atoms with Crippen LogP contribution in [0.3, 0.4) is 0 Å². The van der Waals surface area contributed by atoms with Crippen molar-refractivity contribution in [3.05, 3.63) is 75.2 Å². The van der Waals surface area contributed by atoms with E-state index in [0.29, 0.717) is 37.6 Å². The van der Waals surface area contributed by atoms with Crippen molar-refractivity contribution in [3.8, 4) is 11.5 Å². The van der Waals surface area contributed by atoms with Gasteiger partial charge in [-0.3, -0.25) is 4.79 Å². The van der Waals surface area contributed by atoms with E-state index in [1.165, 1.54) is 16.9 Å². The average molecular weight is 441 g/mol. The fourth-order valence-corrected chi connectivity index (χ4v) is 3.79. The minimum absolute atomic E-state index is 0.0860. The quantitative estimate of drug-likeness (QED) is 0.460. The maximum atomic E-state index is 13.1. The number of hydrogen-bond donors (Lipinski definition) is 0. The Kier molecular flexibility index (Phi) is 8.03. The van der Waals surface area contributed by atoms with Gasteiger partial charge in [0.1, 0.15) is 23.1 Å². The van der Waals surface area contributed by atoms with Gasteiger partial charge in [-0.05, 0) is 49.2 Å². The Morgan fingerprint density at radius 1 is 1.13 bits per heavy atom. The van der Waals surface area contributed by atoms with Gasteiger partial charge in [-0.2, -0.15) is 0 Å². The maximum Gasteiger partial charge on any atom is 0.254 e. The molecule has 1 aromatic heterocycles. The van der Waals surface area contributed by atoms with Gasteiger partial charge in [0.25, 0.3) is 5.91 Å². The monoisotopic (exact) mass is 440 g/mol. The summed E-state index contributed by atoms with van der Waals surface area (Å²) < 4.78 is 16.4. The first-order valence-electron chi connectivity index (χ1n) is 10.1. The number of carbonyl (C=O) groups is 1. The minimum atomic E-state index is -0.0860. The van der Waals surface area contributed by atoms with Gasteiger partial charge in [0.05, 0.1) is 26.0 Å². The summed E-state index contributed by atoms with van der Waals surface area (Å²) in [6, 6.07) is 13.2. The van der Waals surface area contributed by atoms with Crippen molar-refractivity contribution in [2.75, 3.05) is 27.4 Å². The molecule has 0 N–H and O–H groups in total. The van der Waals surface area contributed by atoms with Gasteiger partial charge < -0.3 is 19.1 Å². The highest BCUT2D eigenvalue weighted by Crippen LogP contribution is 2.23. The van der Waals surface area contributed by atoms with Crippen LogP contribution < -0.4 is 9.47 Å². The van der Waals surface area contributed by atoms with Crippen molar-refractivity contribution in [2.45, 2.75) is 27.0 Å². The van der Waals surface area contributed by atoms with Crippen LogP contribution in [0.4, 0.5) is 0 Å². The minimum Gasteiger partial charge on any atom is -0.497 e. The summed E-state index contributed by atoms with van der Waals surface area (Å²) in [7, 11) is 3.21. The van der Waals surface area contributed by atoms with Crippen molar-refractivity contribution in [2.24, 2.45) is 0 Å². The van der Waals surface area contributed by atoms with E-state index >= 15 is 0 Å². The summed E-state index contributed by atoms with van der Waals surface area (Å²) >= 11 is 1.53. The van der Waals surface area contributed by atoms with E-state index in [4.69, 9.17) is 14.2 Å². The predicted octanol–water partition coefficient (Wildman–Crippen LogP) is 4.64. The van der Waals surface area contributed by atoms with Crippen LogP contribution in [-0.2, 0) is 17.9 Å². The summed E-state index contributed by atoms with van der Waals surface area (Å²) in [6.45, 7) is 5.84. The lowest BCUT2D eigenvalue weighted by Crippen LogP contribution is -2.33. The Balaban J connectivity index is 1.68. The lowest BCUT2D eigenvalue weighted by atomic mass is 10.1. The molecule has 164 valence electrons. The number of carbonyl (C=O) groups excluding carboxylic acids is 1. The van der Waals surface area contributed by atoms with E-state index in [2.05, 4.69) is 24.9 Å². The first-order valence-corrected chi connectivity index (χ1v) is 10.9. The smallest absolute Gasteiger partial charge is 0.254 e. The van der Waals surface area contributed by atoms with Crippen LogP contribution in [0.15, 0.2) is 47.8 Å². The van der Waals surface area contributed by atoms with E-state index in [1.54, 1.807) is 31.3 Å². The summed E-state index contributed by atoms with van der Waals surface area (Å²) in [5.74, 6) is 1.43. The molecular formula is C24H28N2O4S. The number of aromatic nitrogens is 1. The average Bonchev–Trinajstić information content (AvgIpc) is 3.24. The molecule has 0 spiro atoms. The van der Waals surface area contributed by atoms with Crippen molar-refractivity contribution in [1.29, 1.82) is 0 Å². The van der Waals surface area contributed by atoms with E-state index in [0.717, 1.165) is 22.0 Å². The molecule has 0 radical (unpaired) electrons. The molecule has 1 amide bonds. The van der Waals surface area contributed by atoms with E-state index in [-0.39, 0.29) is 5.91 Å². The van der Waals surface area contributed by atoms with Crippen molar-refractivity contribution in [3.63, 3.8) is 0 Å². The molecule has 0 saturated heterocycles. The molecular weight excluding hydrogens is 412 g/mol.